The van der Waals surface area contributed by atoms with E-state index in [4.69, 9.17) is 5.26 Å². The van der Waals surface area contributed by atoms with Crippen molar-refractivity contribution >= 4 is 21.6 Å². The second-order valence-corrected chi connectivity index (χ2v) is 6.71. The van der Waals surface area contributed by atoms with Gasteiger partial charge >= 0.3 is 0 Å². The first-order chi connectivity index (χ1) is 9.40. The van der Waals surface area contributed by atoms with Crippen molar-refractivity contribution in [1.29, 1.82) is 5.26 Å². The minimum Gasteiger partial charge on any atom is -0.325 e. The minimum absolute atomic E-state index is 0.0447. The summed E-state index contributed by atoms with van der Waals surface area (Å²) in [6.07, 6.45) is 2.72. The second-order valence-electron chi connectivity index (χ2n) is 4.78. The van der Waals surface area contributed by atoms with Gasteiger partial charge in [0.2, 0.25) is 15.9 Å². The Hall–Kier alpha value is -1.91. The summed E-state index contributed by atoms with van der Waals surface area (Å²) >= 11 is 0. The predicted molar refractivity (Wildman–Crippen MR) is 74.4 cm³/mol. The van der Waals surface area contributed by atoms with Crippen molar-refractivity contribution in [2.75, 3.05) is 18.1 Å². The summed E-state index contributed by atoms with van der Waals surface area (Å²) < 4.78 is 24.4. The third-order valence-electron chi connectivity index (χ3n) is 2.98. The Labute approximate surface area is 118 Å². The van der Waals surface area contributed by atoms with Gasteiger partial charge in [-0.2, -0.15) is 9.57 Å². The van der Waals surface area contributed by atoms with Gasteiger partial charge in [-0.3, -0.25) is 4.79 Å². The molecule has 1 aliphatic carbocycles. The average Bonchev–Trinajstić information content (AvgIpc) is 3.20. The molecule has 0 atom stereocenters. The first-order valence-corrected chi connectivity index (χ1v) is 8.02. The lowest BCUT2D eigenvalue weighted by Crippen LogP contribution is -2.38. The first kappa shape index (κ1) is 14.5. The monoisotopic (exact) mass is 293 g/mol. The number of carbonyl (C=O) groups is 1. The van der Waals surface area contributed by atoms with E-state index < -0.39 is 10.0 Å². The van der Waals surface area contributed by atoms with Crippen LogP contribution in [0.2, 0.25) is 0 Å². The highest BCUT2D eigenvalue weighted by molar-refractivity contribution is 7.88. The van der Waals surface area contributed by atoms with Crippen molar-refractivity contribution in [2.24, 2.45) is 0 Å². The van der Waals surface area contributed by atoms with E-state index in [1.165, 1.54) is 4.31 Å². The molecule has 0 aliphatic heterocycles. The Kier molecular flexibility index (Phi) is 4.06. The van der Waals surface area contributed by atoms with Crippen LogP contribution >= 0.6 is 0 Å². The quantitative estimate of drug-likeness (QED) is 0.874. The van der Waals surface area contributed by atoms with E-state index in [2.05, 4.69) is 5.32 Å². The van der Waals surface area contributed by atoms with Gasteiger partial charge in [0.25, 0.3) is 0 Å². The largest absolute Gasteiger partial charge is 0.325 e. The number of hydrogen-bond donors (Lipinski definition) is 1. The van der Waals surface area contributed by atoms with Crippen molar-refractivity contribution in [3.05, 3.63) is 29.8 Å². The molecule has 106 valence electrons. The highest BCUT2D eigenvalue weighted by atomic mass is 32.2. The summed E-state index contributed by atoms with van der Waals surface area (Å²) in [7, 11) is -3.37. The summed E-state index contributed by atoms with van der Waals surface area (Å²) in [6, 6.07) is 8.33. The van der Waals surface area contributed by atoms with Crippen LogP contribution in [0.5, 0.6) is 0 Å². The number of sulfonamides is 1. The zero-order chi connectivity index (χ0) is 14.8. The standard InChI is InChI=1S/C13H15N3O3S/c1-20(18,19)16(12-6-7-12)9-13(17)15-11-4-2-10(8-14)3-5-11/h2-5,12H,6-7,9H2,1H3,(H,15,17). The number of carbonyl (C=O) groups excluding carboxylic acids is 1. The number of nitrogens with one attached hydrogen (secondary N) is 1. The van der Waals surface area contributed by atoms with E-state index in [1.54, 1.807) is 24.3 Å². The third-order valence-corrected chi connectivity index (χ3v) is 4.26. The van der Waals surface area contributed by atoms with E-state index in [9.17, 15) is 13.2 Å². The molecule has 0 unspecified atom stereocenters. The Morgan fingerprint density at radius 1 is 1.40 bits per heavy atom. The zero-order valence-corrected chi connectivity index (χ0v) is 11.9. The molecule has 0 heterocycles. The van der Waals surface area contributed by atoms with Crippen LogP contribution in [0, 0.1) is 11.3 Å². The van der Waals surface area contributed by atoms with Crippen LogP contribution in [0.4, 0.5) is 5.69 Å². The highest BCUT2D eigenvalue weighted by Gasteiger charge is 2.36. The van der Waals surface area contributed by atoms with Crippen molar-refractivity contribution in [2.45, 2.75) is 18.9 Å². The number of anilines is 1. The normalized spacial score (nSPS) is 14.8. The number of rotatable bonds is 5. The Morgan fingerprint density at radius 3 is 2.45 bits per heavy atom. The lowest BCUT2D eigenvalue weighted by Gasteiger charge is -2.18. The van der Waals surface area contributed by atoms with Crippen LogP contribution in [0.3, 0.4) is 0 Å². The molecule has 1 aromatic rings. The molecule has 1 aromatic carbocycles. The van der Waals surface area contributed by atoms with Crippen molar-refractivity contribution in [3.63, 3.8) is 0 Å². The molecule has 6 nitrogen and oxygen atoms in total. The molecule has 0 spiro atoms. The summed E-state index contributed by atoms with van der Waals surface area (Å²) in [5.41, 5.74) is 1.04. The fraction of sp³-hybridized carbons (Fsp3) is 0.385. The highest BCUT2D eigenvalue weighted by Crippen LogP contribution is 2.28. The number of nitrogens with zero attached hydrogens (tertiary/aromatic N) is 2. The Morgan fingerprint density at radius 2 is 2.00 bits per heavy atom. The number of nitriles is 1. The summed E-state index contributed by atoms with van der Waals surface area (Å²) in [4.78, 5) is 11.9. The first-order valence-electron chi connectivity index (χ1n) is 6.17. The maximum atomic E-state index is 11.9. The second kappa shape index (κ2) is 5.61. The van der Waals surface area contributed by atoms with Crippen LogP contribution in [0.15, 0.2) is 24.3 Å². The van der Waals surface area contributed by atoms with E-state index in [-0.39, 0.29) is 18.5 Å². The smallest absolute Gasteiger partial charge is 0.239 e. The van der Waals surface area contributed by atoms with E-state index in [0.717, 1.165) is 19.1 Å². The summed E-state index contributed by atoms with van der Waals surface area (Å²) in [6.45, 7) is -0.177. The SMILES string of the molecule is CS(=O)(=O)N(CC(=O)Nc1ccc(C#N)cc1)C1CC1. The van der Waals surface area contributed by atoms with Crippen molar-refractivity contribution < 1.29 is 13.2 Å². The van der Waals surface area contributed by atoms with E-state index >= 15 is 0 Å². The number of amides is 1. The third kappa shape index (κ3) is 3.79. The van der Waals surface area contributed by atoms with Gasteiger partial charge in [-0.15, -0.1) is 0 Å². The minimum atomic E-state index is -3.37. The van der Waals surface area contributed by atoms with E-state index in [0.29, 0.717) is 11.3 Å². The predicted octanol–water partition coefficient (Wildman–Crippen LogP) is 0.921. The molecule has 2 rings (SSSR count). The van der Waals surface area contributed by atoms with Crippen LogP contribution < -0.4 is 5.32 Å². The van der Waals surface area contributed by atoms with Crippen molar-refractivity contribution in [3.8, 4) is 6.07 Å². The molecule has 7 heteroatoms. The Balaban J connectivity index is 1.99. The van der Waals surface area contributed by atoms with Gasteiger partial charge in [-0.25, -0.2) is 8.42 Å². The lowest BCUT2D eigenvalue weighted by molar-refractivity contribution is -0.116. The topological polar surface area (TPSA) is 90.3 Å². The molecular weight excluding hydrogens is 278 g/mol. The van der Waals surface area contributed by atoms with E-state index in [1.807, 2.05) is 6.07 Å². The molecule has 0 radical (unpaired) electrons. The van der Waals surface area contributed by atoms with Crippen LogP contribution in [-0.2, 0) is 14.8 Å². The maximum Gasteiger partial charge on any atom is 0.239 e. The molecule has 1 N–H and O–H groups in total. The van der Waals surface area contributed by atoms with Crippen LogP contribution in [0.25, 0.3) is 0 Å². The molecular formula is C13H15N3O3S. The Bertz CT molecular complexity index is 642. The fourth-order valence-electron chi connectivity index (χ4n) is 1.85. The molecule has 1 aliphatic rings. The number of hydrogen-bond acceptors (Lipinski definition) is 4. The maximum absolute atomic E-state index is 11.9. The van der Waals surface area contributed by atoms with Crippen molar-refractivity contribution in [1.82, 2.24) is 4.31 Å². The van der Waals surface area contributed by atoms with Crippen LogP contribution in [0.1, 0.15) is 18.4 Å². The summed E-state index contributed by atoms with van der Waals surface area (Å²) in [5.74, 6) is -0.382. The lowest BCUT2D eigenvalue weighted by atomic mass is 10.2. The van der Waals surface area contributed by atoms with Gasteiger partial charge in [-0.1, -0.05) is 0 Å². The average molecular weight is 293 g/mol. The van der Waals surface area contributed by atoms with Gasteiger partial charge in [0.15, 0.2) is 0 Å². The van der Waals surface area contributed by atoms with Gasteiger partial charge < -0.3 is 5.32 Å². The van der Waals surface area contributed by atoms with Gasteiger partial charge in [-0.05, 0) is 37.1 Å². The molecule has 1 fully saturated rings. The molecule has 0 bridgehead atoms. The summed E-state index contributed by atoms with van der Waals surface area (Å²) in [5, 5.41) is 11.3. The molecule has 1 amide bonds. The van der Waals surface area contributed by atoms with Gasteiger partial charge in [0.1, 0.15) is 0 Å². The zero-order valence-electron chi connectivity index (χ0n) is 11.0. The molecule has 1 saturated carbocycles. The molecule has 0 saturated heterocycles. The van der Waals surface area contributed by atoms with Gasteiger partial charge in [0.05, 0.1) is 24.4 Å². The van der Waals surface area contributed by atoms with Gasteiger partial charge in [0, 0.05) is 11.7 Å². The van der Waals surface area contributed by atoms with Crippen LogP contribution in [-0.4, -0.2) is 37.5 Å². The molecule has 20 heavy (non-hydrogen) atoms. The number of benzene rings is 1. The molecule has 0 aromatic heterocycles. The fourth-order valence-corrected chi connectivity index (χ4v) is 2.95.